The van der Waals surface area contributed by atoms with Gasteiger partial charge in [-0.15, -0.1) is 0 Å². The number of ketones is 1. The summed E-state index contributed by atoms with van der Waals surface area (Å²) in [4.78, 5) is 35.3. The Bertz CT molecular complexity index is 274. The van der Waals surface area contributed by atoms with Gasteiger partial charge in [0.05, 0.1) is 6.04 Å². The van der Waals surface area contributed by atoms with Crippen LogP contribution in [-0.4, -0.2) is 55.2 Å². The highest BCUT2D eigenvalue weighted by Gasteiger charge is 2.28. The molecular formula is C10H17N3O3. The fourth-order valence-corrected chi connectivity index (χ4v) is 1.63. The molecule has 1 saturated heterocycles. The molecule has 2 amide bonds. The molecule has 90 valence electrons. The molecule has 16 heavy (non-hydrogen) atoms. The molecule has 1 heterocycles. The van der Waals surface area contributed by atoms with E-state index in [0.29, 0.717) is 39.0 Å². The van der Waals surface area contributed by atoms with Crippen molar-refractivity contribution < 1.29 is 14.4 Å². The van der Waals surface area contributed by atoms with Crippen molar-refractivity contribution in [3.8, 4) is 0 Å². The van der Waals surface area contributed by atoms with E-state index in [1.165, 1.54) is 4.90 Å². The maximum Gasteiger partial charge on any atom is 0.292 e. The predicted molar refractivity (Wildman–Crippen MR) is 57.7 cm³/mol. The minimum absolute atomic E-state index is 0.426. The lowest BCUT2D eigenvalue weighted by Gasteiger charge is -2.27. The third-order valence-corrected chi connectivity index (χ3v) is 2.61. The summed E-state index contributed by atoms with van der Waals surface area (Å²) in [6.45, 7) is 4.25. The third-order valence-electron chi connectivity index (χ3n) is 2.61. The molecule has 0 aromatic carbocycles. The molecule has 2 N–H and O–H groups in total. The van der Waals surface area contributed by atoms with Crippen molar-refractivity contribution in [1.82, 2.24) is 15.5 Å². The average Bonchev–Trinajstić information content (AvgIpc) is 2.35. The highest BCUT2D eigenvalue weighted by molar-refractivity contribution is 6.38. The number of nitrogens with zero attached hydrogens (tertiary/aromatic N) is 1. The molecule has 0 unspecified atom stereocenters. The second kappa shape index (κ2) is 6.22. The van der Waals surface area contributed by atoms with Gasteiger partial charge in [0.1, 0.15) is 0 Å². The number of hydrogen-bond acceptors (Lipinski definition) is 4. The normalized spacial score (nSPS) is 17.7. The van der Waals surface area contributed by atoms with Crippen molar-refractivity contribution in [1.29, 1.82) is 0 Å². The Hall–Kier alpha value is -1.43. The number of Topliss-reactive ketones (excluding diaryl/α,β-unsaturated/α-hetero) is 1. The first-order valence-electron chi connectivity index (χ1n) is 5.44. The van der Waals surface area contributed by atoms with Crippen molar-refractivity contribution in [3.63, 3.8) is 0 Å². The zero-order valence-electron chi connectivity index (χ0n) is 9.36. The topological polar surface area (TPSA) is 78.5 Å². The summed E-state index contributed by atoms with van der Waals surface area (Å²) in [5, 5.41) is 5.46. The van der Waals surface area contributed by atoms with Gasteiger partial charge in [0.2, 0.25) is 12.2 Å². The summed E-state index contributed by atoms with van der Waals surface area (Å²) < 4.78 is 0. The van der Waals surface area contributed by atoms with E-state index < -0.39 is 17.7 Å². The number of nitrogens with one attached hydrogen (secondary N) is 2. The highest BCUT2D eigenvalue weighted by atomic mass is 16.2. The van der Waals surface area contributed by atoms with E-state index in [9.17, 15) is 14.4 Å². The number of rotatable bonds is 5. The van der Waals surface area contributed by atoms with Crippen LogP contribution < -0.4 is 10.6 Å². The van der Waals surface area contributed by atoms with Crippen molar-refractivity contribution >= 4 is 18.1 Å². The molecule has 1 rings (SSSR count). The van der Waals surface area contributed by atoms with Crippen LogP contribution in [0.1, 0.15) is 13.3 Å². The molecule has 0 bridgehead atoms. The average molecular weight is 227 g/mol. The molecule has 0 saturated carbocycles. The van der Waals surface area contributed by atoms with Crippen LogP contribution in [0, 0.1) is 0 Å². The summed E-state index contributed by atoms with van der Waals surface area (Å²) >= 11 is 0. The zero-order chi connectivity index (χ0) is 12.0. The quantitative estimate of drug-likeness (QED) is 0.443. The molecule has 0 radical (unpaired) electrons. The van der Waals surface area contributed by atoms with Crippen LogP contribution in [0.4, 0.5) is 0 Å². The van der Waals surface area contributed by atoms with Crippen LogP contribution in [0.3, 0.4) is 0 Å². The van der Waals surface area contributed by atoms with E-state index in [1.807, 2.05) is 0 Å². The first-order chi connectivity index (χ1) is 7.70. The van der Waals surface area contributed by atoms with Crippen LogP contribution in [0.2, 0.25) is 0 Å². The van der Waals surface area contributed by atoms with Gasteiger partial charge in [0.15, 0.2) is 0 Å². The van der Waals surface area contributed by atoms with E-state index in [2.05, 4.69) is 10.6 Å². The maximum atomic E-state index is 11.8. The zero-order valence-corrected chi connectivity index (χ0v) is 9.36. The van der Waals surface area contributed by atoms with Crippen molar-refractivity contribution in [2.45, 2.75) is 19.4 Å². The number of hydrogen-bond donors (Lipinski definition) is 2. The standard InChI is InChI=1S/C10H17N3O3/c1-2-8(12-7-14)9(15)10(16)13-5-3-11-4-6-13/h7-8,11H,2-6H2,1H3,(H,12,14)/t8-/m0/s1. The minimum Gasteiger partial charge on any atom is -0.348 e. The first kappa shape index (κ1) is 12.6. The monoisotopic (exact) mass is 227 g/mol. The molecule has 1 aliphatic rings. The minimum atomic E-state index is -0.695. The second-order valence-electron chi connectivity index (χ2n) is 3.65. The van der Waals surface area contributed by atoms with E-state index in [-0.39, 0.29) is 0 Å². The Labute approximate surface area is 94.4 Å². The van der Waals surface area contributed by atoms with E-state index in [4.69, 9.17) is 0 Å². The Morgan fingerprint density at radius 1 is 1.44 bits per heavy atom. The van der Waals surface area contributed by atoms with Crippen LogP contribution in [0.5, 0.6) is 0 Å². The van der Waals surface area contributed by atoms with Gasteiger partial charge < -0.3 is 15.5 Å². The van der Waals surface area contributed by atoms with Gasteiger partial charge >= 0.3 is 0 Å². The fraction of sp³-hybridized carbons (Fsp3) is 0.700. The number of amides is 2. The molecule has 0 spiro atoms. The summed E-state index contributed by atoms with van der Waals surface area (Å²) in [5.74, 6) is -1.03. The lowest BCUT2D eigenvalue weighted by Crippen LogP contribution is -2.52. The predicted octanol–water partition coefficient (Wildman–Crippen LogP) is -1.49. The highest BCUT2D eigenvalue weighted by Crippen LogP contribution is 2.00. The molecule has 1 atom stereocenters. The van der Waals surface area contributed by atoms with Gasteiger partial charge in [-0.25, -0.2) is 0 Å². The van der Waals surface area contributed by atoms with Gasteiger partial charge in [0, 0.05) is 26.2 Å². The Morgan fingerprint density at radius 3 is 2.56 bits per heavy atom. The van der Waals surface area contributed by atoms with Gasteiger partial charge in [-0.05, 0) is 6.42 Å². The smallest absolute Gasteiger partial charge is 0.292 e. The van der Waals surface area contributed by atoms with Gasteiger partial charge in [-0.2, -0.15) is 0 Å². The Morgan fingerprint density at radius 2 is 2.06 bits per heavy atom. The van der Waals surface area contributed by atoms with Gasteiger partial charge in [-0.3, -0.25) is 14.4 Å². The molecule has 6 heteroatoms. The molecule has 0 aromatic rings. The SMILES string of the molecule is CC[C@H](NC=O)C(=O)C(=O)N1CCNCC1. The van der Waals surface area contributed by atoms with Crippen LogP contribution in [-0.2, 0) is 14.4 Å². The largest absolute Gasteiger partial charge is 0.348 e. The first-order valence-corrected chi connectivity index (χ1v) is 5.44. The maximum absolute atomic E-state index is 11.8. The van der Waals surface area contributed by atoms with Crippen LogP contribution in [0.25, 0.3) is 0 Å². The molecule has 1 fully saturated rings. The summed E-state index contributed by atoms with van der Waals surface area (Å²) in [7, 11) is 0. The van der Waals surface area contributed by atoms with Gasteiger partial charge in [-0.1, -0.05) is 6.92 Å². The van der Waals surface area contributed by atoms with E-state index in [0.717, 1.165) is 0 Å². The summed E-state index contributed by atoms with van der Waals surface area (Å²) in [6.07, 6.45) is 0.881. The van der Waals surface area contributed by atoms with Crippen LogP contribution >= 0.6 is 0 Å². The summed E-state index contributed by atoms with van der Waals surface area (Å²) in [5.41, 5.74) is 0. The van der Waals surface area contributed by atoms with E-state index >= 15 is 0 Å². The molecule has 0 aliphatic carbocycles. The van der Waals surface area contributed by atoms with Gasteiger partial charge in [0.25, 0.3) is 5.91 Å². The van der Waals surface area contributed by atoms with E-state index in [1.54, 1.807) is 6.92 Å². The van der Waals surface area contributed by atoms with Crippen molar-refractivity contribution in [2.24, 2.45) is 0 Å². The van der Waals surface area contributed by atoms with Crippen molar-refractivity contribution in [3.05, 3.63) is 0 Å². The van der Waals surface area contributed by atoms with Crippen LogP contribution in [0.15, 0.2) is 0 Å². The number of piperazine rings is 1. The van der Waals surface area contributed by atoms with Crippen molar-refractivity contribution in [2.75, 3.05) is 26.2 Å². The Balaban J connectivity index is 2.56. The second-order valence-corrected chi connectivity index (χ2v) is 3.65. The summed E-state index contributed by atoms with van der Waals surface area (Å²) in [6, 6.07) is -0.695. The lowest BCUT2D eigenvalue weighted by atomic mass is 10.1. The molecular weight excluding hydrogens is 210 g/mol. The molecule has 0 aromatic heterocycles. The number of carbonyl (C=O) groups is 3. The lowest BCUT2D eigenvalue weighted by molar-refractivity contribution is -0.146. The Kier molecular flexibility index (Phi) is 4.91. The third kappa shape index (κ3) is 3.03. The number of carbonyl (C=O) groups excluding carboxylic acids is 3. The molecule has 6 nitrogen and oxygen atoms in total. The molecule has 1 aliphatic heterocycles. The fourth-order valence-electron chi connectivity index (χ4n) is 1.63.